The fraction of sp³-hybridized carbons (Fsp3) is 0.517. The summed E-state index contributed by atoms with van der Waals surface area (Å²) in [6, 6.07) is 9.92. The quantitative estimate of drug-likeness (QED) is 0.404. The number of likely N-dealkylation sites (tertiary alicyclic amines) is 1. The predicted octanol–water partition coefficient (Wildman–Crippen LogP) is 5.67. The molecule has 6 heteroatoms. The van der Waals surface area contributed by atoms with Crippen molar-refractivity contribution >= 4 is 28.1 Å². The van der Waals surface area contributed by atoms with Crippen LogP contribution in [0.2, 0.25) is 0 Å². The van der Waals surface area contributed by atoms with E-state index in [0.29, 0.717) is 23.0 Å². The Morgan fingerprint density at radius 1 is 1.03 bits per heavy atom. The van der Waals surface area contributed by atoms with Crippen LogP contribution >= 0.6 is 0 Å². The lowest BCUT2D eigenvalue weighted by Gasteiger charge is -2.37. The Morgan fingerprint density at radius 2 is 1.74 bits per heavy atom. The van der Waals surface area contributed by atoms with Gasteiger partial charge in [0.05, 0.1) is 16.6 Å². The molecule has 0 bridgehead atoms. The lowest BCUT2D eigenvalue weighted by Crippen LogP contribution is -2.39. The van der Waals surface area contributed by atoms with Gasteiger partial charge in [-0.05, 0) is 56.2 Å². The second-order valence-corrected chi connectivity index (χ2v) is 11.2. The number of nitrogens with one attached hydrogen (secondary N) is 1. The summed E-state index contributed by atoms with van der Waals surface area (Å²) < 4.78 is 5.96. The second kappa shape index (κ2) is 8.98. The van der Waals surface area contributed by atoms with Gasteiger partial charge in [-0.25, -0.2) is 0 Å². The molecule has 0 amide bonds. The molecule has 2 fully saturated rings. The molecule has 0 radical (unpaired) electrons. The molecule has 6 nitrogen and oxygen atoms in total. The van der Waals surface area contributed by atoms with E-state index >= 15 is 0 Å². The average Bonchev–Trinajstić information content (AvgIpc) is 3.28. The molecule has 2 atom stereocenters. The maximum absolute atomic E-state index is 13.8. The van der Waals surface area contributed by atoms with Gasteiger partial charge in [0, 0.05) is 43.0 Å². The van der Waals surface area contributed by atoms with Gasteiger partial charge in [0.15, 0.2) is 11.5 Å². The SMILES string of the molecule is CC1CCN(CCNc2cc(N3C[C@@H](C)C[C@H](C)C3)c3noc4c3c2C(=O)c2ccccc2-4)CC1. The Kier molecular flexibility index (Phi) is 5.79. The number of nitrogens with zero attached hydrogens (tertiary/aromatic N) is 3. The van der Waals surface area contributed by atoms with Crippen LogP contribution in [-0.4, -0.2) is 55.1 Å². The van der Waals surface area contributed by atoms with Crippen LogP contribution in [0.25, 0.3) is 22.2 Å². The van der Waals surface area contributed by atoms with Crippen LogP contribution < -0.4 is 10.2 Å². The van der Waals surface area contributed by atoms with Crippen LogP contribution in [0.1, 0.15) is 56.0 Å². The summed E-state index contributed by atoms with van der Waals surface area (Å²) >= 11 is 0. The van der Waals surface area contributed by atoms with E-state index in [4.69, 9.17) is 4.52 Å². The number of carbonyl (C=O) groups is 1. The van der Waals surface area contributed by atoms with E-state index < -0.39 is 0 Å². The topological polar surface area (TPSA) is 61.6 Å². The zero-order valence-corrected chi connectivity index (χ0v) is 21.1. The molecule has 1 aromatic heterocycles. The van der Waals surface area contributed by atoms with Crippen LogP contribution in [0.15, 0.2) is 34.9 Å². The predicted molar refractivity (Wildman–Crippen MR) is 141 cm³/mol. The molecule has 3 aromatic rings. The van der Waals surface area contributed by atoms with Crippen LogP contribution in [0, 0.1) is 17.8 Å². The molecule has 184 valence electrons. The van der Waals surface area contributed by atoms with Crippen molar-refractivity contribution in [2.24, 2.45) is 17.8 Å². The molecule has 3 aliphatic rings. The molecule has 2 aromatic carbocycles. The highest BCUT2D eigenvalue weighted by atomic mass is 16.5. The molecule has 3 heterocycles. The lowest BCUT2D eigenvalue weighted by atomic mass is 9.85. The first-order chi connectivity index (χ1) is 17.0. The molecule has 0 unspecified atom stereocenters. The normalized spacial score (nSPS) is 23.1. The van der Waals surface area contributed by atoms with Crippen molar-refractivity contribution in [3.05, 3.63) is 41.5 Å². The Morgan fingerprint density at radius 3 is 2.49 bits per heavy atom. The average molecular weight is 473 g/mol. The van der Waals surface area contributed by atoms with Crippen molar-refractivity contribution in [2.45, 2.75) is 40.0 Å². The maximum Gasteiger partial charge on any atom is 0.196 e. The van der Waals surface area contributed by atoms with Gasteiger partial charge in [-0.3, -0.25) is 4.79 Å². The smallest absolute Gasteiger partial charge is 0.196 e. The minimum Gasteiger partial charge on any atom is -0.383 e. The third-order valence-corrected chi connectivity index (χ3v) is 8.21. The van der Waals surface area contributed by atoms with Gasteiger partial charge in [-0.2, -0.15) is 0 Å². The van der Waals surface area contributed by atoms with E-state index in [0.717, 1.165) is 78.8 Å². The number of anilines is 2. The highest BCUT2D eigenvalue weighted by molar-refractivity contribution is 6.28. The molecule has 0 spiro atoms. The number of piperidine rings is 2. The molecule has 1 aliphatic carbocycles. The van der Waals surface area contributed by atoms with E-state index in [9.17, 15) is 4.79 Å². The second-order valence-electron chi connectivity index (χ2n) is 11.2. The highest BCUT2D eigenvalue weighted by Gasteiger charge is 2.34. The molecule has 0 saturated carbocycles. The summed E-state index contributed by atoms with van der Waals surface area (Å²) in [7, 11) is 0. The summed E-state index contributed by atoms with van der Waals surface area (Å²) in [5.74, 6) is 2.84. The maximum atomic E-state index is 13.8. The van der Waals surface area contributed by atoms with Crippen molar-refractivity contribution < 1.29 is 9.32 Å². The number of hydrogen-bond acceptors (Lipinski definition) is 6. The Labute approximate surface area is 207 Å². The summed E-state index contributed by atoms with van der Waals surface area (Å²) in [6.07, 6.45) is 3.78. The molecular formula is C29H36N4O2. The van der Waals surface area contributed by atoms with Gasteiger partial charge in [-0.15, -0.1) is 0 Å². The van der Waals surface area contributed by atoms with Crippen molar-refractivity contribution in [3.8, 4) is 11.3 Å². The van der Waals surface area contributed by atoms with E-state index in [1.165, 1.54) is 19.3 Å². The van der Waals surface area contributed by atoms with Gasteiger partial charge >= 0.3 is 0 Å². The standard InChI is InChI=1S/C29H36N4O2/c1-18-8-11-32(12-9-18)13-10-30-23-15-24(33-16-19(2)14-20(3)17-33)27-26-25(23)28(34)21-6-4-5-7-22(21)29(26)35-31-27/h4-7,15,18-20,30H,8-14,16-17H2,1-3H3/t19-,20-/m0/s1. The van der Waals surface area contributed by atoms with E-state index in [1.807, 2.05) is 24.3 Å². The lowest BCUT2D eigenvalue weighted by molar-refractivity contribution is 0.104. The number of ketones is 1. The summed E-state index contributed by atoms with van der Waals surface area (Å²) in [4.78, 5) is 18.8. The first-order valence-electron chi connectivity index (χ1n) is 13.3. The minimum atomic E-state index is 0.0579. The minimum absolute atomic E-state index is 0.0579. The third kappa shape index (κ3) is 4.02. The number of rotatable bonds is 5. The molecular weight excluding hydrogens is 436 g/mol. The van der Waals surface area contributed by atoms with Gasteiger partial charge in [0.25, 0.3) is 0 Å². The summed E-state index contributed by atoms with van der Waals surface area (Å²) in [6.45, 7) is 13.1. The number of fused-ring (bicyclic) bond motifs is 2. The van der Waals surface area contributed by atoms with Gasteiger partial charge in [0.2, 0.25) is 0 Å². The molecule has 1 N–H and O–H groups in total. The van der Waals surface area contributed by atoms with Gasteiger partial charge in [-0.1, -0.05) is 50.2 Å². The zero-order valence-electron chi connectivity index (χ0n) is 21.1. The van der Waals surface area contributed by atoms with Gasteiger partial charge in [0.1, 0.15) is 5.52 Å². The fourth-order valence-electron chi connectivity index (χ4n) is 6.42. The van der Waals surface area contributed by atoms with Crippen LogP contribution in [0.3, 0.4) is 0 Å². The van der Waals surface area contributed by atoms with Crippen molar-refractivity contribution in [1.29, 1.82) is 0 Å². The third-order valence-electron chi connectivity index (χ3n) is 8.21. The highest BCUT2D eigenvalue weighted by Crippen LogP contribution is 2.46. The van der Waals surface area contributed by atoms with E-state index in [1.54, 1.807) is 0 Å². The number of aromatic nitrogens is 1. The largest absolute Gasteiger partial charge is 0.383 e. The van der Waals surface area contributed by atoms with E-state index in [-0.39, 0.29) is 5.78 Å². The number of carbonyl (C=O) groups excluding carboxylic acids is 1. The van der Waals surface area contributed by atoms with Crippen molar-refractivity contribution in [3.63, 3.8) is 0 Å². The molecule has 2 saturated heterocycles. The first kappa shape index (κ1) is 22.6. The summed E-state index contributed by atoms with van der Waals surface area (Å²) in [5.41, 5.74) is 5.06. The van der Waals surface area contributed by atoms with Crippen LogP contribution in [0.4, 0.5) is 11.4 Å². The Bertz CT molecular complexity index is 1250. The van der Waals surface area contributed by atoms with Crippen LogP contribution in [0.5, 0.6) is 0 Å². The Balaban J connectivity index is 1.40. The van der Waals surface area contributed by atoms with Crippen LogP contribution in [-0.2, 0) is 0 Å². The number of benzene rings is 2. The molecule has 2 aliphatic heterocycles. The monoisotopic (exact) mass is 472 g/mol. The van der Waals surface area contributed by atoms with Crippen molar-refractivity contribution in [2.75, 3.05) is 49.5 Å². The fourth-order valence-corrected chi connectivity index (χ4v) is 6.42. The molecule has 6 rings (SSSR count). The van der Waals surface area contributed by atoms with E-state index in [2.05, 4.69) is 47.1 Å². The summed E-state index contributed by atoms with van der Waals surface area (Å²) in [5, 5.41) is 9.08. The zero-order chi connectivity index (χ0) is 24.1. The molecule has 35 heavy (non-hydrogen) atoms. The Hall–Kier alpha value is -2.86. The van der Waals surface area contributed by atoms with Crippen molar-refractivity contribution in [1.82, 2.24) is 10.1 Å². The first-order valence-corrected chi connectivity index (χ1v) is 13.3. The van der Waals surface area contributed by atoms with Gasteiger partial charge < -0.3 is 19.6 Å². The number of hydrogen-bond donors (Lipinski definition) is 1.